The van der Waals surface area contributed by atoms with E-state index in [4.69, 9.17) is 0 Å². The lowest BCUT2D eigenvalue weighted by molar-refractivity contribution is -0.490. The Morgan fingerprint density at radius 2 is 2.06 bits per heavy atom. The zero-order valence-corrected chi connectivity index (χ0v) is 10.1. The van der Waals surface area contributed by atoms with Crippen LogP contribution in [-0.2, 0) is 4.79 Å². The normalized spacial score (nSPS) is 23.5. The van der Waals surface area contributed by atoms with Gasteiger partial charge in [-0.05, 0) is 24.6 Å². The van der Waals surface area contributed by atoms with Crippen molar-refractivity contribution in [1.29, 1.82) is 0 Å². The van der Waals surface area contributed by atoms with Crippen molar-refractivity contribution in [3.05, 3.63) is 52.6 Å². The van der Waals surface area contributed by atoms with Gasteiger partial charge in [0, 0.05) is 17.2 Å². The van der Waals surface area contributed by atoms with Crippen LogP contribution in [0.1, 0.15) is 6.92 Å². The van der Waals surface area contributed by atoms with Crippen LogP contribution in [0, 0.1) is 15.5 Å². The van der Waals surface area contributed by atoms with Gasteiger partial charge in [-0.1, -0.05) is 24.8 Å². The summed E-state index contributed by atoms with van der Waals surface area (Å²) in [5.74, 6) is -0.254. The number of hydrogen-bond acceptors (Lipinski definition) is 3. The molecule has 5 heteroatoms. The second-order valence-corrected chi connectivity index (χ2v) is 4.65. The van der Waals surface area contributed by atoms with Crippen molar-refractivity contribution in [2.75, 3.05) is 18.0 Å². The molecule has 0 saturated carbocycles. The van der Waals surface area contributed by atoms with E-state index < -0.39 is 16.9 Å². The first-order valence-corrected chi connectivity index (χ1v) is 5.62. The average Bonchev–Trinajstić information content (AvgIpc) is 2.54. The first-order valence-electron chi connectivity index (χ1n) is 5.62. The summed E-state index contributed by atoms with van der Waals surface area (Å²) in [5, 5.41) is 10.7. The summed E-state index contributed by atoms with van der Waals surface area (Å²) in [4.78, 5) is 24.1. The molecule has 5 nitrogen and oxygen atoms in total. The molecular weight excluding hydrogens is 232 g/mol. The van der Waals surface area contributed by atoms with Crippen molar-refractivity contribution >= 4 is 11.6 Å². The van der Waals surface area contributed by atoms with Crippen LogP contribution >= 0.6 is 0 Å². The molecule has 2 rings (SSSR count). The van der Waals surface area contributed by atoms with Crippen LogP contribution < -0.4 is 4.90 Å². The number of carbonyl (C=O) groups excluding carboxylic acids is 1. The molecule has 94 valence electrons. The Morgan fingerprint density at radius 1 is 1.44 bits per heavy atom. The van der Waals surface area contributed by atoms with Gasteiger partial charge < -0.3 is 4.90 Å². The number of nitro groups is 1. The molecule has 0 spiro atoms. The van der Waals surface area contributed by atoms with E-state index in [2.05, 4.69) is 6.58 Å². The third kappa shape index (κ3) is 1.88. The van der Waals surface area contributed by atoms with Gasteiger partial charge in [0.1, 0.15) is 5.41 Å². The fraction of sp³-hybridized carbons (Fsp3) is 0.308. The van der Waals surface area contributed by atoms with Crippen LogP contribution in [0.2, 0.25) is 0 Å². The number of carbonyl (C=O) groups is 1. The summed E-state index contributed by atoms with van der Waals surface area (Å²) in [6, 6.07) is 9.13. The molecular formula is C13H14N2O3. The van der Waals surface area contributed by atoms with Gasteiger partial charge in [-0.25, -0.2) is 0 Å². The molecule has 18 heavy (non-hydrogen) atoms. The fourth-order valence-electron chi connectivity index (χ4n) is 2.14. The second kappa shape index (κ2) is 4.25. The third-order valence-electron chi connectivity index (χ3n) is 3.36. The fourth-order valence-corrected chi connectivity index (χ4v) is 2.14. The van der Waals surface area contributed by atoms with E-state index in [1.807, 2.05) is 30.3 Å². The molecule has 0 unspecified atom stereocenters. The Kier molecular flexibility index (Phi) is 2.90. The average molecular weight is 246 g/mol. The van der Waals surface area contributed by atoms with Crippen LogP contribution in [0.15, 0.2) is 42.5 Å². The van der Waals surface area contributed by atoms with E-state index in [1.54, 1.807) is 11.8 Å². The smallest absolute Gasteiger partial charge is 0.244 e. The molecule has 0 aliphatic carbocycles. The maximum absolute atomic E-state index is 12.3. The van der Waals surface area contributed by atoms with Gasteiger partial charge in [0.25, 0.3) is 0 Å². The molecule has 1 saturated heterocycles. The molecule has 1 heterocycles. The number of anilines is 1. The minimum Gasteiger partial charge on any atom is -0.307 e. The molecule has 1 atom stereocenters. The highest BCUT2D eigenvalue weighted by Crippen LogP contribution is 2.38. The SMILES string of the molecule is C=C1CN(c2ccccc2)C(=O)[C@]1(C)C[N+](=O)[O-]. The van der Waals surface area contributed by atoms with Crippen LogP contribution in [0.4, 0.5) is 5.69 Å². The lowest BCUT2D eigenvalue weighted by Crippen LogP contribution is -2.37. The summed E-state index contributed by atoms with van der Waals surface area (Å²) in [5.41, 5.74) is 0.239. The highest BCUT2D eigenvalue weighted by molar-refractivity contribution is 6.03. The molecule has 1 aromatic carbocycles. The van der Waals surface area contributed by atoms with E-state index in [0.29, 0.717) is 12.1 Å². The molecule has 0 bridgehead atoms. The van der Waals surface area contributed by atoms with Gasteiger partial charge in [-0.2, -0.15) is 0 Å². The van der Waals surface area contributed by atoms with E-state index in [1.165, 1.54) is 0 Å². The molecule has 1 aliphatic rings. The summed E-state index contributed by atoms with van der Waals surface area (Å²) >= 11 is 0. The minimum atomic E-state index is -1.10. The zero-order valence-electron chi connectivity index (χ0n) is 10.1. The van der Waals surface area contributed by atoms with E-state index in [9.17, 15) is 14.9 Å². The monoisotopic (exact) mass is 246 g/mol. The predicted octanol–water partition coefficient (Wildman–Crippen LogP) is 1.87. The van der Waals surface area contributed by atoms with Gasteiger partial charge in [0.2, 0.25) is 12.5 Å². The third-order valence-corrected chi connectivity index (χ3v) is 3.36. The predicted molar refractivity (Wildman–Crippen MR) is 67.9 cm³/mol. The molecule has 1 fully saturated rings. The molecule has 1 amide bonds. The lowest BCUT2D eigenvalue weighted by Gasteiger charge is -2.19. The van der Waals surface area contributed by atoms with E-state index in [-0.39, 0.29) is 5.91 Å². The quantitative estimate of drug-likeness (QED) is 0.464. The first-order chi connectivity index (χ1) is 8.45. The Hall–Kier alpha value is -2.17. The number of amides is 1. The number of hydrogen-bond donors (Lipinski definition) is 0. The molecule has 0 N–H and O–H groups in total. The van der Waals surface area contributed by atoms with Gasteiger partial charge in [0.05, 0.1) is 0 Å². The van der Waals surface area contributed by atoms with Crippen LogP contribution in [-0.4, -0.2) is 23.9 Å². The maximum atomic E-state index is 12.3. The lowest BCUT2D eigenvalue weighted by atomic mass is 9.85. The Labute approximate surface area is 105 Å². The summed E-state index contributed by atoms with van der Waals surface area (Å²) in [6.07, 6.45) is 0. The largest absolute Gasteiger partial charge is 0.307 e. The summed E-state index contributed by atoms with van der Waals surface area (Å²) < 4.78 is 0. The topological polar surface area (TPSA) is 63.5 Å². The standard InChI is InChI=1S/C13H14N2O3/c1-10-8-14(11-6-4-3-5-7-11)12(16)13(10,2)9-15(17)18/h3-7H,1,8-9H2,2H3/t13-/m1/s1. The molecule has 1 aromatic rings. The van der Waals surface area contributed by atoms with Crippen molar-refractivity contribution in [3.63, 3.8) is 0 Å². The first kappa shape index (κ1) is 12.3. The maximum Gasteiger partial charge on any atom is 0.244 e. The Balaban J connectivity index is 2.32. The zero-order chi connectivity index (χ0) is 13.3. The highest BCUT2D eigenvalue weighted by Gasteiger charge is 2.50. The van der Waals surface area contributed by atoms with Crippen molar-refractivity contribution in [1.82, 2.24) is 0 Å². The van der Waals surface area contributed by atoms with Gasteiger partial charge >= 0.3 is 0 Å². The van der Waals surface area contributed by atoms with Crippen molar-refractivity contribution in [3.8, 4) is 0 Å². The van der Waals surface area contributed by atoms with Crippen molar-refractivity contribution < 1.29 is 9.72 Å². The van der Waals surface area contributed by atoms with Gasteiger partial charge in [-0.15, -0.1) is 0 Å². The van der Waals surface area contributed by atoms with E-state index >= 15 is 0 Å². The van der Waals surface area contributed by atoms with Crippen molar-refractivity contribution in [2.45, 2.75) is 6.92 Å². The number of nitrogens with zero attached hydrogens (tertiary/aromatic N) is 2. The Morgan fingerprint density at radius 3 is 2.61 bits per heavy atom. The molecule has 1 aliphatic heterocycles. The summed E-state index contributed by atoms with van der Waals surface area (Å²) in [6.45, 7) is 5.34. The van der Waals surface area contributed by atoms with Gasteiger partial charge in [0.15, 0.2) is 0 Å². The number of benzene rings is 1. The molecule has 0 radical (unpaired) electrons. The van der Waals surface area contributed by atoms with Crippen LogP contribution in [0.25, 0.3) is 0 Å². The minimum absolute atomic E-state index is 0.254. The second-order valence-electron chi connectivity index (χ2n) is 4.65. The number of rotatable bonds is 3. The Bertz CT molecular complexity index is 512. The number of para-hydroxylation sites is 1. The van der Waals surface area contributed by atoms with E-state index in [0.717, 1.165) is 5.69 Å². The molecule has 0 aromatic heterocycles. The van der Waals surface area contributed by atoms with Crippen LogP contribution in [0.5, 0.6) is 0 Å². The highest BCUT2D eigenvalue weighted by atomic mass is 16.6. The summed E-state index contributed by atoms with van der Waals surface area (Å²) in [7, 11) is 0. The van der Waals surface area contributed by atoms with Gasteiger partial charge in [-0.3, -0.25) is 14.9 Å². The van der Waals surface area contributed by atoms with Crippen molar-refractivity contribution in [2.24, 2.45) is 5.41 Å². The van der Waals surface area contributed by atoms with Crippen LogP contribution in [0.3, 0.4) is 0 Å².